The molecule has 0 aliphatic heterocycles. The van der Waals surface area contributed by atoms with Gasteiger partial charge in [-0.25, -0.2) is 9.59 Å². The summed E-state index contributed by atoms with van der Waals surface area (Å²) in [6.45, 7) is 3.85. The third kappa shape index (κ3) is 8.20. The molecule has 8 heteroatoms. The van der Waals surface area contributed by atoms with Crippen LogP contribution in [0.15, 0.2) is 54.6 Å². The van der Waals surface area contributed by atoms with Crippen molar-refractivity contribution in [2.75, 3.05) is 4.61 Å². The number of rotatable bonds is 10. The van der Waals surface area contributed by atoms with Gasteiger partial charge in [-0.2, -0.15) is 0 Å². The molecule has 2 aromatic rings. The third-order valence-corrected chi connectivity index (χ3v) is 5.00. The highest BCUT2D eigenvalue weighted by atomic mass is 127. The predicted octanol–water partition coefficient (Wildman–Crippen LogP) is 4.41. The maximum absolute atomic E-state index is 12.9. The van der Waals surface area contributed by atoms with Gasteiger partial charge in [0, 0.05) is 5.56 Å². The minimum Gasteiger partial charge on any atom is -0.455 e. The van der Waals surface area contributed by atoms with Gasteiger partial charge in [0.05, 0.1) is 6.42 Å². The van der Waals surface area contributed by atoms with Crippen LogP contribution in [0, 0.1) is 5.92 Å². The number of carbonyl (C=O) groups is 3. The Kier molecular flexibility index (Phi) is 10.3. The van der Waals surface area contributed by atoms with E-state index in [1.807, 2.05) is 66.8 Å². The van der Waals surface area contributed by atoms with Gasteiger partial charge in [0.25, 0.3) is 0 Å². The Balaban J connectivity index is 2.04. The number of carbonyl (C=O) groups excluding carboxylic acids is 3. The highest BCUT2D eigenvalue weighted by Crippen LogP contribution is 2.21. The van der Waals surface area contributed by atoms with Crippen molar-refractivity contribution in [2.24, 2.45) is 5.92 Å². The molecule has 0 aliphatic rings. The number of esters is 2. The van der Waals surface area contributed by atoms with Crippen LogP contribution in [0.2, 0.25) is 0 Å². The summed E-state index contributed by atoms with van der Waals surface area (Å²) in [6, 6.07) is 15.1. The number of hydrogen-bond acceptors (Lipinski definition) is 6. The average Bonchev–Trinajstić information content (AvgIpc) is 2.77. The normalized spacial score (nSPS) is 12.4. The average molecular weight is 539 g/mol. The van der Waals surface area contributed by atoms with E-state index in [0.717, 1.165) is 5.56 Å². The largest absolute Gasteiger partial charge is 0.455 e. The molecule has 0 saturated carbocycles. The lowest BCUT2D eigenvalue weighted by atomic mass is 9.99. The Morgan fingerprint density at radius 1 is 1.00 bits per heavy atom. The second-order valence-corrected chi connectivity index (χ2v) is 7.52. The summed E-state index contributed by atoms with van der Waals surface area (Å²) in [7, 11) is 0. The Morgan fingerprint density at radius 3 is 2.35 bits per heavy atom. The molecule has 0 fully saturated rings. The van der Waals surface area contributed by atoms with Crippen LogP contribution in [0.4, 0.5) is 4.79 Å². The van der Waals surface area contributed by atoms with E-state index in [9.17, 15) is 14.4 Å². The minimum absolute atomic E-state index is 0.0208. The van der Waals surface area contributed by atoms with Gasteiger partial charge >= 0.3 is 18.0 Å². The number of nitrogens with one attached hydrogen (secondary N) is 1. The first kappa shape index (κ1) is 24.6. The predicted molar refractivity (Wildman–Crippen MR) is 124 cm³/mol. The summed E-state index contributed by atoms with van der Waals surface area (Å²) in [6.07, 6.45) is -0.0833. The zero-order valence-electron chi connectivity index (χ0n) is 17.5. The van der Waals surface area contributed by atoms with Crippen LogP contribution in [0.25, 0.3) is 0 Å². The van der Waals surface area contributed by atoms with Crippen LogP contribution in [0.3, 0.4) is 0 Å². The number of ether oxygens (including phenoxy) is 3. The van der Waals surface area contributed by atoms with Crippen molar-refractivity contribution < 1.29 is 28.6 Å². The molecule has 0 unspecified atom stereocenters. The number of alkyl halides is 1. The molecule has 0 aliphatic carbocycles. The van der Waals surface area contributed by atoms with E-state index in [4.69, 9.17) is 14.2 Å². The van der Waals surface area contributed by atoms with Crippen LogP contribution in [-0.4, -0.2) is 28.7 Å². The van der Waals surface area contributed by atoms with Gasteiger partial charge in [-0.1, -0.05) is 68.8 Å². The highest BCUT2D eigenvalue weighted by molar-refractivity contribution is 14.1. The summed E-state index contributed by atoms with van der Waals surface area (Å²) in [4.78, 5) is 37.0. The molecule has 2 rings (SSSR count). The first-order valence-corrected chi connectivity index (χ1v) is 11.5. The van der Waals surface area contributed by atoms with E-state index in [0.29, 0.717) is 12.0 Å². The summed E-state index contributed by atoms with van der Waals surface area (Å²) < 4.78 is 16.0. The molecule has 7 nitrogen and oxygen atoms in total. The molecule has 31 heavy (non-hydrogen) atoms. The Bertz CT molecular complexity index is 873. The number of para-hydroxylation sites is 1. The van der Waals surface area contributed by atoms with Crippen molar-refractivity contribution in [3.05, 3.63) is 65.7 Å². The monoisotopic (exact) mass is 539 g/mol. The maximum atomic E-state index is 12.9. The zero-order chi connectivity index (χ0) is 22.6. The Morgan fingerprint density at radius 2 is 1.68 bits per heavy atom. The molecule has 0 saturated heterocycles. The van der Waals surface area contributed by atoms with Gasteiger partial charge < -0.3 is 19.5 Å². The van der Waals surface area contributed by atoms with Gasteiger partial charge in [0.15, 0.2) is 0 Å². The van der Waals surface area contributed by atoms with Crippen molar-refractivity contribution in [3.63, 3.8) is 0 Å². The van der Waals surface area contributed by atoms with E-state index < -0.39 is 24.1 Å². The van der Waals surface area contributed by atoms with E-state index in [-0.39, 0.29) is 29.3 Å². The van der Waals surface area contributed by atoms with Gasteiger partial charge in [-0.05, 0) is 40.1 Å². The summed E-state index contributed by atoms with van der Waals surface area (Å²) in [5.41, 5.74) is 1.37. The van der Waals surface area contributed by atoms with Gasteiger partial charge in [-0.3, -0.25) is 4.79 Å². The van der Waals surface area contributed by atoms with Crippen LogP contribution in [0.1, 0.15) is 31.4 Å². The van der Waals surface area contributed by atoms with E-state index in [1.54, 1.807) is 24.3 Å². The van der Waals surface area contributed by atoms with Gasteiger partial charge in [0.1, 0.15) is 23.0 Å². The lowest BCUT2D eigenvalue weighted by Crippen LogP contribution is -2.47. The standard InChI is InChI=1S/C23H26INO6/c1-3-16(2)21(25-23(28)29-14-17-9-5-4-6-10-17)22(27)31-19-12-8-7-11-18(19)13-20(26)30-15-24/h4-12,16,21H,3,13-15H2,1-2H3,(H,25,28)/t16-,21-/m0/s1. The van der Waals surface area contributed by atoms with Gasteiger partial charge in [0.2, 0.25) is 0 Å². The molecule has 1 N–H and O–H groups in total. The fourth-order valence-corrected chi connectivity index (χ4v) is 3.10. The third-order valence-electron chi connectivity index (χ3n) is 4.69. The molecule has 2 aromatic carbocycles. The Hall–Kier alpha value is -2.62. The molecule has 0 heterocycles. The molecular formula is C23H26INO6. The van der Waals surface area contributed by atoms with Crippen LogP contribution in [0.5, 0.6) is 5.75 Å². The zero-order valence-corrected chi connectivity index (χ0v) is 19.7. The first-order valence-electron chi connectivity index (χ1n) is 9.93. The SMILES string of the molecule is CC[C@H](C)[C@H](NC(=O)OCc1ccccc1)C(=O)Oc1ccccc1CC(=O)OCI. The topological polar surface area (TPSA) is 90.9 Å². The van der Waals surface area contributed by atoms with E-state index in [2.05, 4.69) is 5.32 Å². The highest BCUT2D eigenvalue weighted by Gasteiger charge is 2.29. The summed E-state index contributed by atoms with van der Waals surface area (Å²) in [5.74, 6) is -0.974. The van der Waals surface area contributed by atoms with E-state index in [1.165, 1.54) is 0 Å². The van der Waals surface area contributed by atoms with Crippen LogP contribution < -0.4 is 10.1 Å². The van der Waals surface area contributed by atoms with Crippen LogP contribution >= 0.6 is 22.6 Å². The van der Waals surface area contributed by atoms with Crippen molar-refractivity contribution >= 4 is 40.6 Å². The molecular weight excluding hydrogens is 513 g/mol. The van der Waals surface area contributed by atoms with Crippen LogP contribution in [-0.2, 0) is 32.1 Å². The number of amides is 1. The van der Waals surface area contributed by atoms with Crippen molar-refractivity contribution in [1.82, 2.24) is 5.32 Å². The molecule has 1 amide bonds. The van der Waals surface area contributed by atoms with Crippen molar-refractivity contribution in [3.8, 4) is 5.75 Å². The van der Waals surface area contributed by atoms with E-state index >= 15 is 0 Å². The van der Waals surface area contributed by atoms with Crippen molar-refractivity contribution in [1.29, 1.82) is 0 Å². The second-order valence-electron chi connectivity index (χ2n) is 6.90. The number of alkyl carbamates (subject to hydrolysis) is 1. The second kappa shape index (κ2) is 12.9. The fourth-order valence-electron chi connectivity index (χ4n) is 2.75. The molecule has 2 atom stereocenters. The number of halogens is 1. The molecule has 0 aromatic heterocycles. The first-order chi connectivity index (χ1) is 14.9. The molecule has 0 bridgehead atoms. The smallest absolute Gasteiger partial charge is 0.408 e. The molecule has 0 spiro atoms. The quantitative estimate of drug-likeness (QED) is 0.208. The Labute approximate surface area is 195 Å². The molecule has 166 valence electrons. The number of hydrogen-bond donors (Lipinski definition) is 1. The summed E-state index contributed by atoms with van der Waals surface area (Å²) in [5, 5.41) is 2.61. The maximum Gasteiger partial charge on any atom is 0.408 e. The molecule has 0 radical (unpaired) electrons. The number of benzene rings is 2. The summed E-state index contributed by atoms with van der Waals surface area (Å²) >= 11 is 1.93. The fraction of sp³-hybridized carbons (Fsp3) is 0.348. The minimum atomic E-state index is -0.900. The van der Waals surface area contributed by atoms with Gasteiger partial charge in [-0.15, -0.1) is 0 Å². The van der Waals surface area contributed by atoms with Crippen molar-refractivity contribution in [2.45, 2.75) is 39.3 Å². The lowest BCUT2D eigenvalue weighted by Gasteiger charge is -2.23. The lowest BCUT2D eigenvalue weighted by molar-refractivity contribution is -0.141.